The largest absolute Gasteiger partial charge is 0.310 e. The number of hydrogen-bond donors (Lipinski definition) is 1. The van der Waals surface area contributed by atoms with E-state index in [1.165, 1.54) is 50.8 Å². The van der Waals surface area contributed by atoms with Crippen LogP contribution in [-0.2, 0) is 6.54 Å². The van der Waals surface area contributed by atoms with Gasteiger partial charge in [-0.3, -0.25) is 4.90 Å². The molecule has 1 aromatic carbocycles. The zero-order chi connectivity index (χ0) is 12.7. The number of rotatable bonds is 3. The van der Waals surface area contributed by atoms with Crippen LogP contribution in [0, 0.1) is 0 Å². The quantitative estimate of drug-likeness (QED) is 0.919. The minimum absolute atomic E-state index is 0. The van der Waals surface area contributed by atoms with Gasteiger partial charge < -0.3 is 5.32 Å². The third-order valence-electron chi connectivity index (χ3n) is 5.04. The molecule has 0 amide bonds. The van der Waals surface area contributed by atoms with Crippen LogP contribution in [0.25, 0.3) is 0 Å². The van der Waals surface area contributed by atoms with E-state index in [1.54, 1.807) is 5.56 Å². The van der Waals surface area contributed by atoms with Gasteiger partial charge in [-0.15, -0.1) is 12.4 Å². The summed E-state index contributed by atoms with van der Waals surface area (Å²) in [5.41, 5.74) is 3.04. The number of nitrogens with zero attached hydrogens (tertiary/aromatic N) is 1. The molecule has 1 saturated carbocycles. The zero-order valence-electron chi connectivity index (χ0n) is 12.1. The third kappa shape index (κ3) is 3.19. The molecule has 2 atom stereocenters. The van der Waals surface area contributed by atoms with Crippen molar-refractivity contribution >= 4 is 12.4 Å². The fourth-order valence-corrected chi connectivity index (χ4v) is 3.73. The van der Waals surface area contributed by atoms with Crippen molar-refractivity contribution in [2.45, 2.75) is 56.7 Å². The van der Waals surface area contributed by atoms with Crippen molar-refractivity contribution in [3.63, 3.8) is 0 Å². The Labute approximate surface area is 128 Å². The monoisotopic (exact) mass is 292 g/mol. The number of nitrogens with one attached hydrogen (secondary N) is 1. The first-order valence-electron chi connectivity index (χ1n) is 7.94. The molecule has 2 heterocycles. The summed E-state index contributed by atoms with van der Waals surface area (Å²) in [4.78, 5) is 2.64. The van der Waals surface area contributed by atoms with E-state index >= 15 is 0 Å². The Morgan fingerprint density at radius 3 is 2.45 bits per heavy atom. The molecular formula is C17H25ClN2. The number of hydrogen-bond acceptors (Lipinski definition) is 2. The molecule has 1 N–H and O–H groups in total. The average Bonchev–Trinajstić information content (AvgIpc) is 3.19. The van der Waals surface area contributed by atoms with E-state index in [0.29, 0.717) is 0 Å². The van der Waals surface area contributed by atoms with E-state index in [-0.39, 0.29) is 12.4 Å². The van der Waals surface area contributed by atoms with Crippen LogP contribution in [0.5, 0.6) is 0 Å². The summed E-state index contributed by atoms with van der Waals surface area (Å²) in [6.07, 6.45) is 6.91. The summed E-state index contributed by atoms with van der Waals surface area (Å²) in [6.45, 7) is 3.63. The Balaban J connectivity index is 0.00000121. The maximum absolute atomic E-state index is 3.76. The molecule has 3 fully saturated rings. The van der Waals surface area contributed by atoms with Crippen LogP contribution in [0.1, 0.15) is 49.1 Å². The molecule has 3 heteroatoms. The predicted molar refractivity (Wildman–Crippen MR) is 85.5 cm³/mol. The Morgan fingerprint density at radius 1 is 0.950 bits per heavy atom. The summed E-state index contributed by atoms with van der Waals surface area (Å²) in [5.74, 6) is 0.882. The average molecular weight is 293 g/mol. The molecule has 1 aliphatic carbocycles. The second kappa shape index (κ2) is 6.05. The summed E-state index contributed by atoms with van der Waals surface area (Å²) >= 11 is 0. The zero-order valence-corrected chi connectivity index (χ0v) is 12.9. The van der Waals surface area contributed by atoms with E-state index in [2.05, 4.69) is 34.5 Å². The van der Waals surface area contributed by atoms with Crippen LogP contribution >= 0.6 is 12.4 Å². The van der Waals surface area contributed by atoms with Gasteiger partial charge in [-0.1, -0.05) is 24.3 Å². The van der Waals surface area contributed by atoms with Gasteiger partial charge in [0.15, 0.2) is 0 Å². The van der Waals surface area contributed by atoms with Gasteiger partial charge >= 0.3 is 0 Å². The molecule has 0 aromatic heterocycles. The summed E-state index contributed by atoms with van der Waals surface area (Å²) in [6, 6.07) is 11.0. The number of halogens is 1. The summed E-state index contributed by atoms with van der Waals surface area (Å²) < 4.78 is 0. The molecule has 4 rings (SSSR count). The van der Waals surface area contributed by atoms with Gasteiger partial charge in [-0.05, 0) is 49.1 Å². The van der Waals surface area contributed by atoms with Crippen LogP contribution in [0.2, 0.25) is 0 Å². The minimum Gasteiger partial charge on any atom is -0.310 e. The van der Waals surface area contributed by atoms with E-state index in [0.717, 1.165) is 24.5 Å². The highest BCUT2D eigenvalue weighted by molar-refractivity contribution is 5.85. The first-order valence-corrected chi connectivity index (χ1v) is 7.94. The maximum atomic E-state index is 3.76. The summed E-state index contributed by atoms with van der Waals surface area (Å²) in [5, 5.41) is 3.76. The van der Waals surface area contributed by atoms with E-state index in [9.17, 15) is 0 Å². The van der Waals surface area contributed by atoms with Crippen molar-refractivity contribution in [1.29, 1.82) is 0 Å². The molecule has 0 spiro atoms. The fraction of sp³-hybridized carbons (Fsp3) is 0.647. The van der Waals surface area contributed by atoms with Gasteiger partial charge in [0.25, 0.3) is 0 Å². The molecule has 2 saturated heterocycles. The van der Waals surface area contributed by atoms with Crippen LogP contribution < -0.4 is 5.32 Å². The van der Waals surface area contributed by atoms with E-state index < -0.39 is 0 Å². The lowest BCUT2D eigenvalue weighted by Gasteiger charge is -2.24. The van der Waals surface area contributed by atoms with Gasteiger partial charge in [0, 0.05) is 31.7 Å². The Kier molecular flexibility index (Phi) is 4.34. The molecule has 1 aromatic rings. The van der Waals surface area contributed by atoms with Crippen LogP contribution in [-0.4, -0.2) is 30.1 Å². The number of likely N-dealkylation sites (tertiary alicyclic amines) is 1. The van der Waals surface area contributed by atoms with Crippen molar-refractivity contribution < 1.29 is 0 Å². The molecule has 2 unspecified atom stereocenters. The summed E-state index contributed by atoms with van der Waals surface area (Å²) in [7, 11) is 0. The molecule has 110 valence electrons. The van der Waals surface area contributed by atoms with Crippen molar-refractivity contribution in [1.82, 2.24) is 10.2 Å². The Hall–Kier alpha value is -0.570. The molecule has 2 aliphatic heterocycles. The molecular weight excluding hydrogens is 268 g/mol. The standard InChI is InChI=1S/C17H24N2.ClH/c1-3-14(15-5-6-15)4-2-13(1)11-19-10-9-16-7-8-17(12-19)18-16;/h1-4,15-18H,5-12H2;1H. The predicted octanol–water partition coefficient (Wildman–Crippen LogP) is 3.31. The normalized spacial score (nSPS) is 29.8. The molecule has 20 heavy (non-hydrogen) atoms. The van der Waals surface area contributed by atoms with Gasteiger partial charge in [0.1, 0.15) is 0 Å². The minimum atomic E-state index is 0. The number of fused-ring (bicyclic) bond motifs is 2. The molecule has 0 radical (unpaired) electrons. The first kappa shape index (κ1) is 14.4. The SMILES string of the molecule is Cl.c1cc(C2CC2)ccc1CN1CCC2CCC(C1)N2. The molecule has 2 bridgehead atoms. The Bertz CT molecular complexity index is 441. The first-order chi connectivity index (χ1) is 9.37. The fourth-order valence-electron chi connectivity index (χ4n) is 3.73. The van der Waals surface area contributed by atoms with Gasteiger partial charge in [-0.2, -0.15) is 0 Å². The highest BCUT2D eigenvalue weighted by Crippen LogP contribution is 2.39. The second-order valence-corrected chi connectivity index (χ2v) is 6.68. The lowest BCUT2D eigenvalue weighted by atomic mass is 10.1. The van der Waals surface area contributed by atoms with Crippen molar-refractivity contribution in [3.05, 3.63) is 35.4 Å². The smallest absolute Gasteiger partial charge is 0.0234 e. The maximum Gasteiger partial charge on any atom is 0.0234 e. The lowest BCUT2D eigenvalue weighted by molar-refractivity contribution is 0.251. The van der Waals surface area contributed by atoms with Gasteiger partial charge in [0.2, 0.25) is 0 Å². The lowest BCUT2D eigenvalue weighted by Crippen LogP contribution is -2.34. The van der Waals surface area contributed by atoms with Gasteiger partial charge in [0.05, 0.1) is 0 Å². The van der Waals surface area contributed by atoms with Crippen molar-refractivity contribution in [2.24, 2.45) is 0 Å². The highest BCUT2D eigenvalue weighted by atomic mass is 35.5. The van der Waals surface area contributed by atoms with Gasteiger partial charge in [-0.25, -0.2) is 0 Å². The van der Waals surface area contributed by atoms with E-state index in [4.69, 9.17) is 0 Å². The topological polar surface area (TPSA) is 15.3 Å². The van der Waals surface area contributed by atoms with Crippen LogP contribution in [0.15, 0.2) is 24.3 Å². The Morgan fingerprint density at radius 2 is 1.70 bits per heavy atom. The molecule has 3 aliphatic rings. The van der Waals surface area contributed by atoms with Crippen LogP contribution in [0.3, 0.4) is 0 Å². The molecule has 2 nitrogen and oxygen atoms in total. The van der Waals surface area contributed by atoms with Crippen molar-refractivity contribution in [2.75, 3.05) is 13.1 Å². The third-order valence-corrected chi connectivity index (χ3v) is 5.04. The van der Waals surface area contributed by atoms with E-state index in [1.807, 2.05) is 0 Å². The number of benzene rings is 1. The highest BCUT2D eigenvalue weighted by Gasteiger charge is 2.29. The second-order valence-electron chi connectivity index (χ2n) is 6.68. The van der Waals surface area contributed by atoms with Crippen molar-refractivity contribution in [3.8, 4) is 0 Å². The van der Waals surface area contributed by atoms with Crippen LogP contribution in [0.4, 0.5) is 0 Å².